The second-order valence-corrected chi connectivity index (χ2v) is 5.91. The number of rotatable bonds is 6. The van der Waals surface area contributed by atoms with Crippen molar-refractivity contribution in [3.8, 4) is 0 Å². The second kappa shape index (κ2) is 6.85. The molecule has 0 heterocycles. The molecular formula is C17H25NO. The molecule has 2 heteroatoms. The quantitative estimate of drug-likeness (QED) is 0.850. The van der Waals surface area contributed by atoms with E-state index in [9.17, 15) is 4.79 Å². The van der Waals surface area contributed by atoms with Gasteiger partial charge in [-0.25, -0.2) is 0 Å². The van der Waals surface area contributed by atoms with Gasteiger partial charge in [0.05, 0.1) is 0 Å². The summed E-state index contributed by atoms with van der Waals surface area (Å²) in [5.74, 6) is 1.32. The Balaban J connectivity index is 1.91. The van der Waals surface area contributed by atoms with E-state index >= 15 is 0 Å². The van der Waals surface area contributed by atoms with Crippen LogP contribution in [0.25, 0.3) is 0 Å². The van der Waals surface area contributed by atoms with Gasteiger partial charge in [-0.05, 0) is 55.2 Å². The predicted octanol–water partition coefficient (Wildman–Crippen LogP) is 3.44. The van der Waals surface area contributed by atoms with Gasteiger partial charge in [0.25, 0.3) is 0 Å². The number of carbonyl (C=O) groups is 1. The van der Waals surface area contributed by atoms with Gasteiger partial charge in [-0.1, -0.05) is 31.2 Å². The van der Waals surface area contributed by atoms with E-state index in [0.29, 0.717) is 37.0 Å². The number of Topliss-reactive ketones (excluding diaryl/α,β-unsaturated/α-hetero) is 1. The van der Waals surface area contributed by atoms with Crippen LogP contribution >= 0.6 is 0 Å². The highest BCUT2D eigenvalue weighted by Crippen LogP contribution is 2.34. The van der Waals surface area contributed by atoms with Crippen molar-refractivity contribution in [1.29, 1.82) is 0 Å². The molecule has 2 N–H and O–H groups in total. The lowest BCUT2D eigenvalue weighted by Crippen LogP contribution is -2.16. The molecule has 0 saturated heterocycles. The Hall–Kier alpha value is -1.15. The molecule has 0 aliphatic heterocycles. The van der Waals surface area contributed by atoms with Crippen LogP contribution in [0, 0.1) is 5.92 Å². The van der Waals surface area contributed by atoms with Crippen molar-refractivity contribution >= 4 is 5.78 Å². The van der Waals surface area contributed by atoms with Gasteiger partial charge in [-0.2, -0.15) is 0 Å². The first-order valence-corrected chi connectivity index (χ1v) is 7.50. The Kier molecular flexibility index (Phi) is 5.15. The monoisotopic (exact) mass is 259 g/mol. The van der Waals surface area contributed by atoms with Crippen molar-refractivity contribution in [2.45, 2.75) is 51.4 Å². The lowest BCUT2D eigenvalue weighted by atomic mass is 9.80. The van der Waals surface area contributed by atoms with E-state index in [0.717, 1.165) is 12.8 Å². The van der Waals surface area contributed by atoms with Crippen molar-refractivity contribution in [1.82, 2.24) is 0 Å². The predicted molar refractivity (Wildman–Crippen MR) is 79.2 cm³/mol. The lowest BCUT2D eigenvalue weighted by molar-refractivity contribution is -0.119. The highest BCUT2D eigenvalue weighted by Gasteiger charge is 2.22. The standard InChI is InChI=1S/C17H25NO/c1-13(12-18)9-10-16(19)11-15-7-4-6-14-5-2-3-8-17(14)15/h2-3,5,8,13,15H,4,6-7,9-12,18H2,1H3. The third kappa shape index (κ3) is 3.90. The van der Waals surface area contributed by atoms with Crippen molar-refractivity contribution in [3.63, 3.8) is 0 Å². The van der Waals surface area contributed by atoms with Gasteiger partial charge >= 0.3 is 0 Å². The van der Waals surface area contributed by atoms with Crippen molar-refractivity contribution < 1.29 is 4.79 Å². The molecule has 2 rings (SSSR count). The first-order chi connectivity index (χ1) is 9.20. The largest absolute Gasteiger partial charge is 0.330 e. The summed E-state index contributed by atoms with van der Waals surface area (Å²) in [7, 11) is 0. The van der Waals surface area contributed by atoms with E-state index in [4.69, 9.17) is 5.73 Å². The summed E-state index contributed by atoms with van der Waals surface area (Å²) in [5, 5.41) is 0. The van der Waals surface area contributed by atoms with Gasteiger partial charge in [0, 0.05) is 12.8 Å². The van der Waals surface area contributed by atoms with Gasteiger partial charge in [-0.3, -0.25) is 4.79 Å². The smallest absolute Gasteiger partial charge is 0.133 e. The maximum atomic E-state index is 12.1. The molecule has 0 amide bonds. The van der Waals surface area contributed by atoms with Crippen LogP contribution in [0.5, 0.6) is 0 Å². The van der Waals surface area contributed by atoms with Crippen LogP contribution in [0.3, 0.4) is 0 Å². The molecule has 104 valence electrons. The normalized spacial score (nSPS) is 19.8. The fourth-order valence-electron chi connectivity index (χ4n) is 2.97. The fraction of sp³-hybridized carbons (Fsp3) is 0.588. The summed E-state index contributed by atoms with van der Waals surface area (Å²) in [5.41, 5.74) is 8.45. The average Bonchev–Trinajstić information content (AvgIpc) is 2.45. The van der Waals surface area contributed by atoms with Crippen LogP contribution in [0.1, 0.15) is 56.1 Å². The molecule has 2 atom stereocenters. The Morgan fingerprint density at radius 3 is 3.00 bits per heavy atom. The second-order valence-electron chi connectivity index (χ2n) is 5.91. The van der Waals surface area contributed by atoms with Crippen molar-refractivity contribution in [3.05, 3.63) is 35.4 Å². The Morgan fingerprint density at radius 1 is 1.42 bits per heavy atom. The number of fused-ring (bicyclic) bond motifs is 1. The zero-order valence-corrected chi connectivity index (χ0v) is 11.9. The number of benzene rings is 1. The zero-order valence-electron chi connectivity index (χ0n) is 11.9. The van der Waals surface area contributed by atoms with Crippen molar-refractivity contribution in [2.24, 2.45) is 11.7 Å². The summed E-state index contributed by atoms with van der Waals surface area (Å²) in [6.07, 6.45) is 5.89. The third-order valence-corrected chi connectivity index (χ3v) is 4.29. The van der Waals surface area contributed by atoms with Crippen LogP contribution in [0.4, 0.5) is 0 Å². The molecule has 0 fully saturated rings. The van der Waals surface area contributed by atoms with Gasteiger partial charge in [0.2, 0.25) is 0 Å². The molecule has 1 aliphatic rings. The minimum atomic E-state index is 0.405. The Bertz CT molecular complexity index is 427. The van der Waals surface area contributed by atoms with Crippen LogP contribution in [-0.4, -0.2) is 12.3 Å². The Morgan fingerprint density at radius 2 is 2.21 bits per heavy atom. The molecule has 0 saturated carbocycles. The van der Waals surface area contributed by atoms with Crippen LogP contribution in [-0.2, 0) is 11.2 Å². The molecule has 2 unspecified atom stereocenters. The molecule has 1 aromatic carbocycles. The van der Waals surface area contributed by atoms with E-state index in [1.165, 1.54) is 24.0 Å². The number of hydrogen-bond acceptors (Lipinski definition) is 2. The number of nitrogens with two attached hydrogens (primary N) is 1. The summed E-state index contributed by atoms with van der Waals surface area (Å²) in [6.45, 7) is 2.79. The maximum absolute atomic E-state index is 12.1. The average molecular weight is 259 g/mol. The van der Waals surface area contributed by atoms with Gasteiger partial charge in [0.1, 0.15) is 5.78 Å². The maximum Gasteiger partial charge on any atom is 0.133 e. The number of ketones is 1. The lowest BCUT2D eigenvalue weighted by Gasteiger charge is -2.25. The molecule has 0 radical (unpaired) electrons. The molecule has 2 nitrogen and oxygen atoms in total. The first kappa shape index (κ1) is 14.3. The summed E-state index contributed by atoms with van der Waals surface area (Å²) >= 11 is 0. The van der Waals surface area contributed by atoms with Crippen LogP contribution in [0.15, 0.2) is 24.3 Å². The SMILES string of the molecule is CC(CN)CCC(=O)CC1CCCc2ccccc21. The highest BCUT2D eigenvalue weighted by atomic mass is 16.1. The number of hydrogen-bond donors (Lipinski definition) is 1. The molecular weight excluding hydrogens is 234 g/mol. The zero-order chi connectivity index (χ0) is 13.7. The minimum Gasteiger partial charge on any atom is -0.330 e. The van der Waals surface area contributed by atoms with Gasteiger partial charge < -0.3 is 5.73 Å². The third-order valence-electron chi connectivity index (χ3n) is 4.29. The molecule has 0 bridgehead atoms. The van der Waals surface area contributed by atoms with E-state index < -0.39 is 0 Å². The molecule has 1 aliphatic carbocycles. The summed E-state index contributed by atoms with van der Waals surface area (Å²) in [4.78, 5) is 12.1. The van der Waals surface area contributed by atoms with E-state index in [1.54, 1.807) is 0 Å². The number of aryl methyl sites for hydroxylation is 1. The highest BCUT2D eigenvalue weighted by molar-refractivity contribution is 5.79. The van der Waals surface area contributed by atoms with Crippen LogP contribution < -0.4 is 5.73 Å². The molecule has 0 spiro atoms. The minimum absolute atomic E-state index is 0.405. The summed E-state index contributed by atoms with van der Waals surface area (Å²) < 4.78 is 0. The molecule has 0 aromatic heterocycles. The van der Waals surface area contributed by atoms with E-state index in [-0.39, 0.29) is 0 Å². The van der Waals surface area contributed by atoms with Gasteiger partial charge in [-0.15, -0.1) is 0 Å². The van der Waals surface area contributed by atoms with Crippen LogP contribution in [0.2, 0.25) is 0 Å². The van der Waals surface area contributed by atoms with E-state index in [1.807, 2.05) is 0 Å². The molecule has 1 aromatic rings. The van der Waals surface area contributed by atoms with E-state index in [2.05, 4.69) is 31.2 Å². The number of carbonyl (C=O) groups excluding carboxylic acids is 1. The topological polar surface area (TPSA) is 43.1 Å². The first-order valence-electron chi connectivity index (χ1n) is 7.50. The van der Waals surface area contributed by atoms with Gasteiger partial charge in [0.15, 0.2) is 0 Å². The molecule has 19 heavy (non-hydrogen) atoms. The summed E-state index contributed by atoms with van der Waals surface area (Å²) in [6, 6.07) is 8.61. The van der Waals surface area contributed by atoms with Crippen molar-refractivity contribution in [2.75, 3.05) is 6.54 Å². The Labute approximate surface area is 116 Å². The fourth-order valence-corrected chi connectivity index (χ4v) is 2.97.